The van der Waals surface area contributed by atoms with Crippen LogP contribution in [0.2, 0.25) is 0 Å². The summed E-state index contributed by atoms with van der Waals surface area (Å²) in [6, 6.07) is 0. The van der Waals surface area contributed by atoms with Crippen molar-refractivity contribution >= 4 is 0 Å². The summed E-state index contributed by atoms with van der Waals surface area (Å²) in [4.78, 5) is 0. The minimum absolute atomic E-state index is 0.0612. The van der Waals surface area contributed by atoms with Gasteiger partial charge in [-0.3, -0.25) is 0 Å². The van der Waals surface area contributed by atoms with Gasteiger partial charge in [0, 0.05) is 29.5 Å². The summed E-state index contributed by atoms with van der Waals surface area (Å²) < 4.78 is 10.8. The van der Waals surface area contributed by atoms with Gasteiger partial charge in [0.05, 0.1) is 19.8 Å². The fraction of sp³-hybridized carbons (Fsp3) is 0.455. The molecule has 0 aliphatic carbocycles. The summed E-state index contributed by atoms with van der Waals surface area (Å²) in [6.07, 6.45) is 1.42. The number of fused-ring (bicyclic) bond motifs is 2. The maximum atomic E-state index is 9.96. The Balaban J connectivity index is 2.31. The van der Waals surface area contributed by atoms with Crippen LogP contribution >= 0.6 is 0 Å². The molecule has 0 unspecified atom stereocenters. The van der Waals surface area contributed by atoms with Crippen LogP contribution < -0.4 is 9.47 Å². The smallest absolute Gasteiger partial charge is 0.165 e. The molecular weight excluding hydrogens is 196 g/mol. The highest BCUT2D eigenvalue weighted by molar-refractivity contribution is 5.64. The lowest BCUT2D eigenvalue weighted by atomic mass is 9.99. The van der Waals surface area contributed by atoms with Crippen molar-refractivity contribution in [3.05, 3.63) is 16.7 Å². The third-order valence-electron chi connectivity index (χ3n) is 3.04. The summed E-state index contributed by atoms with van der Waals surface area (Å²) in [7, 11) is 0. The number of ether oxygens (including phenoxy) is 2. The number of phenolic OH excluding ortho intramolecular Hbond substituents is 1. The third-order valence-corrected chi connectivity index (χ3v) is 3.04. The van der Waals surface area contributed by atoms with Gasteiger partial charge < -0.3 is 19.7 Å². The quantitative estimate of drug-likeness (QED) is 0.715. The van der Waals surface area contributed by atoms with Crippen molar-refractivity contribution in [3.8, 4) is 17.2 Å². The van der Waals surface area contributed by atoms with Crippen molar-refractivity contribution < 1.29 is 19.7 Å². The monoisotopic (exact) mass is 208 g/mol. The summed E-state index contributed by atoms with van der Waals surface area (Å²) >= 11 is 0. The number of aliphatic hydroxyl groups excluding tert-OH is 1. The Kier molecular flexibility index (Phi) is 1.79. The molecule has 2 heterocycles. The van der Waals surface area contributed by atoms with E-state index in [1.807, 2.05) is 0 Å². The molecule has 0 saturated carbocycles. The minimum atomic E-state index is -0.0612. The lowest BCUT2D eigenvalue weighted by molar-refractivity contribution is 0.269. The van der Waals surface area contributed by atoms with E-state index in [1.165, 1.54) is 0 Å². The third kappa shape index (κ3) is 1.05. The van der Waals surface area contributed by atoms with Crippen LogP contribution in [-0.2, 0) is 19.4 Å². The van der Waals surface area contributed by atoms with E-state index < -0.39 is 0 Å². The zero-order valence-electron chi connectivity index (χ0n) is 8.25. The molecule has 0 amide bonds. The number of rotatable bonds is 1. The second-order valence-corrected chi connectivity index (χ2v) is 3.80. The van der Waals surface area contributed by atoms with E-state index in [9.17, 15) is 10.2 Å². The molecule has 3 rings (SSSR count). The topological polar surface area (TPSA) is 58.9 Å². The summed E-state index contributed by atoms with van der Waals surface area (Å²) in [6.45, 7) is 1.08. The largest absolute Gasteiger partial charge is 0.504 e. The van der Waals surface area contributed by atoms with Gasteiger partial charge in [-0.15, -0.1) is 0 Å². The van der Waals surface area contributed by atoms with Crippen molar-refractivity contribution in [2.75, 3.05) is 13.2 Å². The molecule has 0 bridgehead atoms. The molecule has 4 nitrogen and oxygen atoms in total. The second kappa shape index (κ2) is 3.03. The lowest BCUT2D eigenvalue weighted by Crippen LogP contribution is -1.96. The van der Waals surface area contributed by atoms with Crippen LogP contribution in [0.1, 0.15) is 16.7 Å². The number of benzene rings is 1. The van der Waals surface area contributed by atoms with Crippen molar-refractivity contribution in [1.82, 2.24) is 0 Å². The van der Waals surface area contributed by atoms with Crippen LogP contribution in [0.5, 0.6) is 17.2 Å². The van der Waals surface area contributed by atoms with E-state index in [2.05, 4.69) is 0 Å². The van der Waals surface area contributed by atoms with Crippen LogP contribution in [0.4, 0.5) is 0 Å². The molecule has 0 fully saturated rings. The van der Waals surface area contributed by atoms with Gasteiger partial charge in [0.15, 0.2) is 11.5 Å². The molecule has 0 radical (unpaired) electrons. The molecule has 0 atom stereocenters. The van der Waals surface area contributed by atoms with Crippen LogP contribution in [0.15, 0.2) is 0 Å². The first-order valence-corrected chi connectivity index (χ1v) is 5.09. The van der Waals surface area contributed by atoms with Crippen LogP contribution in [-0.4, -0.2) is 23.4 Å². The Bertz CT molecular complexity index is 390. The van der Waals surface area contributed by atoms with Crippen LogP contribution in [0, 0.1) is 0 Å². The number of hydrogen-bond acceptors (Lipinski definition) is 4. The highest BCUT2D eigenvalue weighted by Crippen LogP contribution is 2.48. The summed E-state index contributed by atoms with van der Waals surface area (Å²) in [5.41, 5.74) is 2.46. The SMILES string of the molecule is OCc1c2c(c(O)c3c1OCC3)OCC2. The molecule has 2 aliphatic heterocycles. The summed E-state index contributed by atoms with van der Waals surface area (Å²) in [5.74, 6) is 1.41. The van der Waals surface area contributed by atoms with Gasteiger partial charge in [0.1, 0.15) is 5.75 Å². The fourth-order valence-corrected chi connectivity index (χ4v) is 2.35. The predicted molar refractivity (Wildman–Crippen MR) is 52.4 cm³/mol. The molecule has 1 aromatic rings. The highest BCUT2D eigenvalue weighted by atomic mass is 16.5. The minimum Gasteiger partial charge on any atom is -0.504 e. The van der Waals surface area contributed by atoms with Gasteiger partial charge in [0.25, 0.3) is 0 Å². The summed E-state index contributed by atoms with van der Waals surface area (Å²) in [5, 5.41) is 19.3. The average molecular weight is 208 g/mol. The standard InChI is InChI=1S/C11H12O4/c12-5-8-6-1-3-15-11(6)9(13)7-2-4-14-10(7)8/h12-13H,1-5H2. The average Bonchev–Trinajstić information content (AvgIpc) is 2.85. The number of aromatic hydroxyl groups is 1. The van der Waals surface area contributed by atoms with Gasteiger partial charge in [-0.1, -0.05) is 0 Å². The first kappa shape index (κ1) is 8.85. The Morgan fingerprint density at radius 2 is 1.67 bits per heavy atom. The van der Waals surface area contributed by atoms with Crippen molar-refractivity contribution in [3.63, 3.8) is 0 Å². The molecule has 2 aliphatic rings. The second-order valence-electron chi connectivity index (χ2n) is 3.80. The van der Waals surface area contributed by atoms with Gasteiger partial charge >= 0.3 is 0 Å². The fourth-order valence-electron chi connectivity index (χ4n) is 2.35. The van der Waals surface area contributed by atoms with E-state index >= 15 is 0 Å². The molecule has 0 spiro atoms. The van der Waals surface area contributed by atoms with E-state index in [0.717, 1.165) is 23.1 Å². The molecular formula is C11H12O4. The molecule has 15 heavy (non-hydrogen) atoms. The van der Waals surface area contributed by atoms with Gasteiger partial charge in [-0.05, 0) is 0 Å². The van der Waals surface area contributed by atoms with E-state index in [4.69, 9.17) is 9.47 Å². The van der Waals surface area contributed by atoms with Gasteiger partial charge in [-0.2, -0.15) is 0 Å². The maximum absolute atomic E-state index is 9.96. The maximum Gasteiger partial charge on any atom is 0.165 e. The van der Waals surface area contributed by atoms with Crippen molar-refractivity contribution in [2.24, 2.45) is 0 Å². The Morgan fingerprint density at radius 1 is 1.00 bits per heavy atom. The molecule has 0 saturated heterocycles. The van der Waals surface area contributed by atoms with Gasteiger partial charge in [-0.25, -0.2) is 0 Å². The van der Waals surface area contributed by atoms with Crippen LogP contribution in [0.25, 0.3) is 0 Å². The normalized spacial score (nSPS) is 16.9. The Hall–Kier alpha value is -1.42. The number of aliphatic hydroxyl groups is 1. The Labute approximate surface area is 87.1 Å². The highest BCUT2D eigenvalue weighted by Gasteiger charge is 2.30. The predicted octanol–water partition coefficient (Wildman–Crippen LogP) is 0.754. The van der Waals surface area contributed by atoms with Crippen LogP contribution in [0.3, 0.4) is 0 Å². The Morgan fingerprint density at radius 3 is 2.40 bits per heavy atom. The van der Waals surface area contributed by atoms with Gasteiger partial charge in [0.2, 0.25) is 0 Å². The van der Waals surface area contributed by atoms with Crippen molar-refractivity contribution in [2.45, 2.75) is 19.4 Å². The molecule has 2 N–H and O–H groups in total. The van der Waals surface area contributed by atoms with E-state index in [-0.39, 0.29) is 12.4 Å². The zero-order valence-corrected chi connectivity index (χ0v) is 8.25. The van der Waals surface area contributed by atoms with E-state index in [0.29, 0.717) is 31.1 Å². The molecule has 0 aromatic heterocycles. The van der Waals surface area contributed by atoms with E-state index in [1.54, 1.807) is 0 Å². The zero-order chi connectivity index (χ0) is 10.4. The molecule has 4 heteroatoms. The van der Waals surface area contributed by atoms with Crippen molar-refractivity contribution in [1.29, 1.82) is 0 Å². The lowest BCUT2D eigenvalue weighted by Gasteiger charge is -2.12. The number of phenols is 1. The molecule has 80 valence electrons. The first-order chi connectivity index (χ1) is 7.33. The number of hydrogen-bond donors (Lipinski definition) is 2. The molecule has 1 aromatic carbocycles. The first-order valence-electron chi connectivity index (χ1n) is 5.09.